The predicted molar refractivity (Wildman–Crippen MR) is 75.1 cm³/mol. The Morgan fingerprint density at radius 2 is 2.00 bits per heavy atom. The van der Waals surface area contributed by atoms with Crippen molar-refractivity contribution in [2.45, 2.75) is 13.0 Å². The molecule has 1 heterocycles. The SMILES string of the molecule is C=C[C@@H](c1ccc(OC(C)=O)cc1)N1CCNCC1. The van der Waals surface area contributed by atoms with Crippen LogP contribution in [0.5, 0.6) is 5.75 Å². The Morgan fingerprint density at radius 3 is 2.53 bits per heavy atom. The molecule has 4 heteroatoms. The van der Waals surface area contributed by atoms with Gasteiger partial charge < -0.3 is 10.1 Å². The topological polar surface area (TPSA) is 41.6 Å². The summed E-state index contributed by atoms with van der Waals surface area (Å²) in [6.45, 7) is 9.39. The van der Waals surface area contributed by atoms with Gasteiger partial charge in [-0.25, -0.2) is 0 Å². The molecule has 0 saturated carbocycles. The largest absolute Gasteiger partial charge is 0.427 e. The molecule has 0 radical (unpaired) electrons. The average molecular weight is 260 g/mol. The molecule has 4 nitrogen and oxygen atoms in total. The number of carbonyl (C=O) groups is 1. The highest BCUT2D eigenvalue weighted by Gasteiger charge is 2.19. The maximum atomic E-state index is 10.9. The van der Waals surface area contributed by atoms with E-state index in [0.717, 1.165) is 26.2 Å². The average Bonchev–Trinajstić information content (AvgIpc) is 2.42. The predicted octanol–water partition coefficient (Wildman–Crippen LogP) is 1.74. The van der Waals surface area contributed by atoms with E-state index >= 15 is 0 Å². The van der Waals surface area contributed by atoms with Crippen molar-refractivity contribution in [3.8, 4) is 5.75 Å². The zero-order chi connectivity index (χ0) is 13.7. The first-order valence-electron chi connectivity index (χ1n) is 6.56. The van der Waals surface area contributed by atoms with E-state index in [0.29, 0.717) is 5.75 Å². The molecule has 1 aromatic rings. The monoisotopic (exact) mass is 260 g/mol. The summed E-state index contributed by atoms with van der Waals surface area (Å²) in [5.74, 6) is 0.287. The summed E-state index contributed by atoms with van der Waals surface area (Å²) in [4.78, 5) is 13.3. The van der Waals surface area contributed by atoms with E-state index in [1.165, 1.54) is 12.5 Å². The highest BCUT2D eigenvalue weighted by atomic mass is 16.5. The fourth-order valence-corrected chi connectivity index (χ4v) is 2.36. The quantitative estimate of drug-likeness (QED) is 0.509. The third-order valence-electron chi connectivity index (χ3n) is 3.25. The number of carbonyl (C=O) groups excluding carboxylic acids is 1. The summed E-state index contributed by atoms with van der Waals surface area (Å²) >= 11 is 0. The van der Waals surface area contributed by atoms with Crippen LogP contribution in [0.1, 0.15) is 18.5 Å². The Balaban J connectivity index is 2.09. The van der Waals surface area contributed by atoms with Crippen LogP contribution >= 0.6 is 0 Å². The zero-order valence-electron chi connectivity index (χ0n) is 11.3. The van der Waals surface area contributed by atoms with E-state index in [1.54, 1.807) is 0 Å². The number of piperazine rings is 1. The van der Waals surface area contributed by atoms with Gasteiger partial charge in [0.1, 0.15) is 5.75 Å². The van der Waals surface area contributed by atoms with Crippen LogP contribution in [0.4, 0.5) is 0 Å². The fraction of sp³-hybridized carbons (Fsp3) is 0.400. The van der Waals surface area contributed by atoms with Crippen molar-refractivity contribution in [3.05, 3.63) is 42.5 Å². The molecule has 0 bridgehead atoms. The standard InChI is InChI=1S/C15H20N2O2/c1-3-15(17-10-8-16-9-11-17)13-4-6-14(7-5-13)19-12(2)18/h3-7,15-16H,1,8-11H2,2H3/t15-/m0/s1. The molecule has 0 spiro atoms. The number of esters is 1. The Kier molecular flexibility index (Phi) is 4.71. The highest BCUT2D eigenvalue weighted by Crippen LogP contribution is 2.24. The molecule has 1 atom stereocenters. The van der Waals surface area contributed by atoms with Crippen LogP contribution in [0.25, 0.3) is 0 Å². The van der Waals surface area contributed by atoms with Crippen molar-refractivity contribution >= 4 is 5.97 Å². The van der Waals surface area contributed by atoms with Gasteiger partial charge in [0.15, 0.2) is 0 Å². The fourth-order valence-electron chi connectivity index (χ4n) is 2.36. The first-order chi connectivity index (χ1) is 9.20. The van der Waals surface area contributed by atoms with Gasteiger partial charge in [-0.15, -0.1) is 6.58 Å². The molecule has 1 fully saturated rings. The van der Waals surface area contributed by atoms with Gasteiger partial charge >= 0.3 is 5.97 Å². The van der Waals surface area contributed by atoms with Gasteiger partial charge in [-0.1, -0.05) is 18.2 Å². The van der Waals surface area contributed by atoms with Gasteiger partial charge in [0.25, 0.3) is 0 Å². The first kappa shape index (κ1) is 13.8. The van der Waals surface area contributed by atoms with Crippen molar-refractivity contribution in [1.29, 1.82) is 0 Å². The lowest BCUT2D eigenvalue weighted by molar-refractivity contribution is -0.131. The van der Waals surface area contributed by atoms with E-state index in [1.807, 2.05) is 30.3 Å². The molecular formula is C15H20N2O2. The van der Waals surface area contributed by atoms with Crippen LogP contribution in [0, 0.1) is 0 Å². The minimum atomic E-state index is -0.296. The van der Waals surface area contributed by atoms with Gasteiger partial charge in [0.2, 0.25) is 0 Å². The van der Waals surface area contributed by atoms with Gasteiger partial charge in [0, 0.05) is 33.1 Å². The van der Waals surface area contributed by atoms with Crippen LogP contribution in [0.15, 0.2) is 36.9 Å². The van der Waals surface area contributed by atoms with Crippen LogP contribution in [0.3, 0.4) is 0 Å². The molecule has 0 aliphatic carbocycles. The molecule has 19 heavy (non-hydrogen) atoms. The summed E-state index contributed by atoms with van der Waals surface area (Å²) in [5, 5.41) is 3.34. The second-order valence-electron chi connectivity index (χ2n) is 4.63. The molecule has 1 aromatic carbocycles. The lowest BCUT2D eigenvalue weighted by Crippen LogP contribution is -2.44. The summed E-state index contributed by atoms with van der Waals surface area (Å²) in [6, 6.07) is 7.86. The Morgan fingerprint density at radius 1 is 1.37 bits per heavy atom. The van der Waals surface area contributed by atoms with E-state index in [4.69, 9.17) is 4.74 Å². The van der Waals surface area contributed by atoms with Gasteiger partial charge in [-0.2, -0.15) is 0 Å². The second-order valence-corrected chi connectivity index (χ2v) is 4.63. The van der Waals surface area contributed by atoms with Crippen molar-refractivity contribution in [2.75, 3.05) is 26.2 Å². The highest BCUT2D eigenvalue weighted by molar-refractivity contribution is 5.69. The number of rotatable bonds is 4. The first-order valence-corrected chi connectivity index (χ1v) is 6.56. The Labute approximate surface area is 114 Å². The Hall–Kier alpha value is -1.65. The number of hydrogen-bond donors (Lipinski definition) is 1. The normalized spacial score (nSPS) is 17.7. The number of nitrogens with one attached hydrogen (secondary N) is 1. The molecule has 1 N–H and O–H groups in total. The van der Waals surface area contributed by atoms with Crippen LogP contribution in [-0.4, -0.2) is 37.0 Å². The van der Waals surface area contributed by atoms with Crippen molar-refractivity contribution in [1.82, 2.24) is 10.2 Å². The van der Waals surface area contributed by atoms with Crippen molar-refractivity contribution in [3.63, 3.8) is 0 Å². The summed E-state index contributed by atoms with van der Waals surface area (Å²) in [6.07, 6.45) is 1.96. The van der Waals surface area contributed by atoms with Gasteiger partial charge in [0.05, 0.1) is 6.04 Å². The summed E-state index contributed by atoms with van der Waals surface area (Å²) in [7, 11) is 0. The number of benzene rings is 1. The molecule has 1 aliphatic rings. The summed E-state index contributed by atoms with van der Waals surface area (Å²) in [5.41, 5.74) is 1.17. The number of hydrogen-bond acceptors (Lipinski definition) is 4. The zero-order valence-corrected chi connectivity index (χ0v) is 11.3. The lowest BCUT2D eigenvalue weighted by Gasteiger charge is -2.33. The molecule has 102 valence electrons. The molecule has 1 aliphatic heterocycles. The smallest absolute Gasteiger partial charge is 0.308 e. The van der Waals surface area contributed by atoms with Crippen LogP contribution in [-0.2, 0) is 4.79 Å². The second kappa shape index (κ2) is 6.50. The number of nitrogens with zero attached hydrogens (tertiary/aromatic N) is 1. The molecule has 0 aromatic heterocycles. The third-order valence-corrected chi connectivity index (χ3v) is 3.25. The van der Waals surface area contributed by atoms with Crippen LogP contribution in [0.2, 0.25) is 0 Å². The summed E-state index contributed by atoms with van der Waals surface area (Å²) < 4.78 is 5.04. The maximum absolute atomic E-state index is 10.9. The molecule has 0 amide bonds. The molecule has 1 saturated heterocycles. The van der Waals surface area contributed by atoms with Gasteiger partial charge in [-0.05, 0) is 17.7 Å². The minimum absolute atomic E-state index is 0.216. The third kappa shape index (κ3) is 3.66. The van der Waals surface area contributed by atoms with Gasteiger partial charge in [-0.3, -0.25) is 9.69 Å². The molecule has 0 unspecified atom stereocenters. The molecule has 2 rings (SSSR count). The van der Waals surface area contributed by atoms with Crippen molar-refractivity contribution < 1.29 is 9.53 Å². The number of ether oxygens (including phenoxy) is 1. The maximum Gasteiger partial charge on any atom is 0.308 e. The van der Waals surface area contributed by atoms with E-state index < -0.39 is 0 Å². The minimum Gasteiger partial charge on any atom is -0.427 e. The Bertz CT molecular complexity index is 436. The van der Waals surface area contributed by atoms with E-state index in [2.05, 4.69) is 16.8 Å². The lowest BCUT2D eigenvalue weighted by atomic mass is 10.0. The van der Waals surface area contributed by atoms with E-state index in [-0.39, 0.29) is 12.0 Å². The molecular weight excluding hydrogens is 240 g/mol. The van der Waals surface area contributed by atoms with Crippen molar-refractivity contribution in [2.24, 2.45) is 0 Å². The van der Waals surface area contributed by atoms with E-state index in [9.17, 15) is 4.79 Å². The van der Waals surface area contributed by atoms with Crippen LogP contribution < -0.4 is 10.1 Å².